The Hall–Kier alpha value is -1.16. The predicted molar refractivity (Wildman–Crippen MR) is 48.3 cm³/mol. The average molecular weight is 202 g/mol. The van der Waals surface area contributed by atoms with Crippen LogP contribution in [0.3, 0.4) is 0 Å². The van der Waals surface area contributed by atoms with Crippen LogP contribution in [-0.2, 0) is 6.42 Å². The summed E-state index contributed by atoms with van der Waals surface area (Å²) in [5.74, 6) is -1.18. The molecule has 0 heterocycles. The van der Waals surface area contributed by atoms with E-state index in [-0.39, 0.29) is 17.9 Å². The van der Waals surface area contributed by atoms with E-state index in [1.807, 2.05) is 0 Å². The van der Waals surface area contributed by atoms with Crippen LogP contribution < -0.4 is 4.74 Å². The molecule has 0 fully saturated rings. The first-order chi connectivity index (χ1) is 6.69. The van der Waals surface area contributed by atoms with Crippen LogP contribution in [0.4, 0.5) is 8.78 Å². The molecule has 14 heavy (non-hydrogen) atoms. The highest BCUT2D eigenvalue weighted by atomic mass is 19.1. The van der Waals surface area contributed by atoms with E-state index >= 15 is 0 Å². The highest BCUT2D eigenvalue weighted by molar-refractivity contribution is 5.32. The van der Waals surface area contributed by atoms with Crippen molar-refractivity contribution in [3.8, 4) is 5.75 Å². The standard InChI is InChI=1S/C10H12F2O2/c1-14-9-6-8(11)5-7(10(9)12)3-2-4-13/h5-6,13H,2-4H2,1H3. The Morgan fingerprint density at radius 1 is 1.36 bits per heavy atom. The zero-order valence-electron chi connectivity index (χ0n) is 7.89. The average Bonchev–Trinajstić information content (AvgIpc) is 2.18. The molecule has 0 radical (unpaired) electrons. The summed E-state index contributed by atoms with van der Waals surface area (Å²) >= 11 is 0. The summed E-state index contributed by atoms with van der Waals surface area (Å²) in [5.41, 5.74) is 0.232. The summed E-state index contributed by atoms with van der Waals surface area (Å²) in [4.78, 5) is 0. The summed E-state index contributed by atoms with van der Waals surface area (Å²) in [6.07, 6.45) is 0.708. The first-order valence-corrected chi connectivity index (χ1v) is 4.31. The lowest BCUT2D eigenvalue weighted by molar-refractivity contribution is 0.287. The summed E-state index contributed by atoms with van der Waals surface area (Å²) in [5, 5.41) is 8.57. The molecule has 0 atom stereocenters. The second-order valence-corrected chi connectivity index (χ2v) is 2.91. The monoisotopic (exact) mass is 202 g/mol. The molecule has 0 unspecified atom stereocenters. The fraction of sp³-hybridized carbons (Fsp3) is 0.400. The van der Waals surface area contributed by atoms with E-state index in [0.717, 1.165) is 12.1 Å². The molecule has 0 saturated carbocycles. The number of rotatable bonds is 4. The minimum absolute atomic E-state index is 0.0434. The van der Waals surface area contributed by atoms with Crippen molar-refractivity contribution in [1.82, 2.24) is 0 Å². The Labute approximate surface area is 81.1 Å². The molecule has 1 aromatic carbocycles. The molecule has 0 saturated heterocycles. The van der Waals surface area contributed by atoms with Crippen molar-refractivity contribution in [2.45, 2.75) is 12.8 Å². The Morgan fingerprint density at radius 2 is 2.07 bits per heavy atom. The van der Waals surface area contributed by atoms with Gasteiger partial charge in [-0.05, 0) is 24.5 Å². The number of aryl methyl sites for hydroxylation is 1. The third kappa shape index (κ3) is 2.42. The molecule has 0 spiro atoms. The molecular weight excluding hydrogens is 190 g/mol. The van der Waals surface area contributed by atoms with Crippen molar-refractivity contribution in [1.29, 1.82) is 0 Å². The largest absolute Gasteiger partial charge is 0.494 e. The van der Waals surface area contributed by atoms with Crippen LogP contribution in [0.5, 0.6) is 5.75 Å². The zero-order valence-corrected chi connectivity index (χ0v) is 7.89. The van der Waals surface area contributed by atoms with Crippen molar-refractivity contribution in [2.75, 3.05) is 13.7 Å². The van der Waals surface area contributed by atoms with Crippen LogP contribution in [0.25, 0.3) is 0 Å². The molecular formula is C10H12F2O2. The summed E-state index contributed by atoms with van der Waals surface area (Å²) in [6.45, 7) is -0.0434. The number of hydrogen-bond donors (Lipinski definition) is 1. The smallest absolute Gasteiger partial charge is 0.168 e. The van der Waals surface area contributed by atoms with Gasteiger partial charge in [0.05, 0.1) is 7.11 Å². The van der Waals surface area contributed by atoms with Gasteiger partial charge in [-0.1, -0.05) is 0 Å². The van der Waals surface area contributed by atoms with E-state index in [4.69, 9.17) is 5.11 Å². The van der Waals surface area contributed by atoms with Gasteiger partial charge in [-0.25, -0.2) is 8.78 Å². The van der Waals surface area contributed by atoms with E-state index in [0.29, 0.717) is 12.8 Å². The first kappa shape index (κ1) is 10.9. The van der Waals surface area contributed by atoms with Crippen molar-refractivity contribution in [3.05, 3.63) is 29.3 Å². The second kappa shape index (κ2) is 4.91. The number of methoxy groups -OCH3 is 1. The molecule has 2 nitrogen and oxygen atoms in total. The van der Waals surface area contributed by atoms with E-state index in [2.05, 4.69) is 4.74 Å². The van der Waals surface area contributed by atoms with Gasteiger partial charge >= 0.3 is 0 Å². The van der Waals surface area contributed by atoms with Crippen LogP contribution in [0, 0.1) is 11.6 Å². The van der Waals surface area contributed by atoms with E-state index in [9.17, 15) is 8.78 Å². The molecule has 0 aliphatic carbocycles. The van der Waals surface area contributed by atoms with Gasteiger partial charge in [0, 0.05) is 12.7 Å². The fourth-order valence-corrected chi connectivity index (χ4v) is 1.22. The molecule has 1 N–H and O–H groups in total. The summed E-state index contributed by atoms with van der Waals surface area (Å²) in [6, 6.07) is 2.12. The third-order valence-electron chi connectivity index (χ3n) is 1.90. The molecule has 0 amide bonds. The maximum absolute atomic E-state index is 13.4. The number of hydrogen-bond acceptors (Lipinski definition) is 2. The van der Waals surface area contributed by atoms with Crippen molar-refractivity contribution < 1.29 is 18.6 Å². The SMILES string of the molecule is COc1cc(F)cc(CCCO)c1F. The Kier molecular flexibility index (Phi) is 3.83. The lowest BCUT2D eigenvalue weighted by Crippen LogP contribution is -1.98. The zero-order chi connectivity index (χ0) is 10.6. The number of ether oxygens (including phenoxy) is 1. The van der Waals surface area contributed by atoms with E-state index in [1.165, 1.54) is 7.11 Å². The van der Waals surface area contributed by atoms with Gasteiger partial charge in [-0.2, -0.15) is 0 Å². The Bertz CT molecular complexity index is 313. The third-order valence-corrected chi connectivity index (χ3v) is 1.90. The highest BCUT2D eigenvalue weighted by Crippen LogP contribution is 2.23. The van der Waals surface area contributed by atoms with Gasteiger partial charge in [-0.15, -0.1) is 0 Å². The molecule has 1 rings (SSSR count). The summed E-state index contributed by atoms with van der Waals surface area (Å²) < 4.78 is 31.0. The van der Waals surface area contributed by atoms with Gasteiger partial charge < -0.3 is 9.84 Å². The number of aliphatic hydroxyl groups excluding tert-OH is 1. The minimum atomic E-state index is -0.553. The highest BCUT2D eigenvalue weighted by Gasteiger charge is 2.10. The summed E-state index contributed by atoms with van der Waals surface area (Å²) in [7, 11) is 1.29. The molecule has 1 aromatic rings. The van der Waals surface area contributed by atoms with Gasteiger partial charge in [0.1, 0.15) is 5.82 Å². The molecule has 0 bridgehead atoms. The quantitative estimate of drug-likeness (QED) is 0.808. The van der Waals surface area contributed by atoms with Crippen LogP contribution >= 0.6 is 0 Å². The Balaban J connectivity index is 2.96. The van der Waals surface area contributed by atoms with E-state index in [1.54, 1.807) is 0 Å². The van der Waals surface area contributed by atoms with Gasteiger partial charge in [-0.3, -0.25) is 0 Å². The lowest BCUT2D eigenvalue weighted by atomic mass is 10.1. The minimum Gasteiger partial charge on any atom is -0.494 e. The molecule has 0 aliphatic rings. The second-order valence-electron chi connectivity index (χ2n) is 2.91. The van der Waals surface area contributed by atoms with Crippen LogP contribution in [-0.4, -0.2) is 18.8 Å². The van der Waals surface area contributed by atoms with Crippen molar-refractivity contribution >= 4 is 0 Å². The Morgan fingerprint density at radius 3 is 2.64 bits per heavy atom. The lowest BCUT2D eigenvalue weighted by Gasteiger charge is -2.07. The predicted octanol–water partition coefficient (Wildman–Crippen LogP) is 1.90. The fourth-order valence-electron chi connectivity index (χ4n) is 1.22. The maximum Gasteiger partial charge on any atom is 0.168 e. The van der Waals surface area contributed by atoms with Gasteiger partial charge in [0.2, 0.25) is 0 Å². The molecule has 0 aromatic heterocycles. The number of aliphatic hydroxyl groups is 1. The van der Waals surface area contributed by atoms with Crippen molar-refractivity contribution in [3.63, 3.8) is 0 Å². The normalized spacial score (nSPS) is 10.3. The van der Waals surface area contributed by atoms with Crippen LogP contribution in [0.2, 0.25) is 0 Å². The first-order valence-electron chi connectivity index (χ1n) is 4.31. The van der Waals surface area contributed by atoms with Crippen molar-refractivity contribution in [2.24, 2.45) is 0 Å². The topological polar surface area (TPSA) is 29.5 Å². The molecule has 78 valence electrons. The van der Waals surface area contributed by atoms with Crippen LogP contribution in [0.1, 0.15) is 12.0 Å². The maximum atomic E-state index is 13.4. The molecule has 0 aliphatic heterocycles. The molecule has 4 heteroatoms. The van der Waals surface area contributed by atoms with E-state index < -0.39 is 11.6 Å². The number of benzene rings is 1. The van der Waals surface area contributed by atoms with Gasteiger partial charge in [0.25, 0.3) is 0 Å². The van der Waals surface area contributed by atoms with Gasteiger partial charge in [0.15, 0.2) is 11.6 Å². The van der Waals surface area contributed by atoms with Crippen LogP contribution in [0.15, 0.2) is 12.1 Å². The number of halogens is 2.